The van der Waals surface area contributed by atoms with E-state index in [0.29, 0.717) is 6.54 Å². The third kappa shape index (κ3) is 1.78. The Morgan fingerprint density at radius 3 is 2.53 bits per heavy atom. The second kappa shape index (κ2) is 3.21. The standard InChI is InChI=1S/C12H21NO2/c1-11(2,3)15-10(14)9-4-8-5-12(9,6-8)7-13/h8-9H,4-7,13H2,1-3H3. The summed E-state index contributed by atoms with van der Waals surface area (Å²) < 4.78 is 5.45. The molecule has 2 bridgehead atoms. The first-order valence-electron chi connectivity index (χ1n) is 5.79. The molecule has 0 heterocycles. The Morgan fingerprint density at radius 1 is 1.47 bits per heavy atom. The van der Waals surface area contributed by atoms with E-state index in [1.54, 1.807) is 0 Å². The second-order valence-electron chi connectivity index (χ2n) is 6.16. The van der Waals surface area contributed by atoms with Crippen LogP contribution in [0.2, 0.25) is 0 Å². The van der Waals surface area contributed by atoms with Crippen LogP contribution in [0.25, 0.3) is 0 Å². The molecule has 0 spiro atoms. The molecule has 0 aromatic rings. The third-order valence-electron chi connectivity index (χ3n) is 3.80. The quantitative estimate of drug-likeness (QED) is 0.707. The van der Waals surface area contributed by atoms with Gasteiger partial charge in [0.1, 0.15) is 5.60 Å². The first kappa shape index (κ1) is 10.9. The Labute approximate surface area is 91.4 Å². The van der Waals surface area contributed by atoms with E-state index in [1.165, 1.54) is 0 Å². The lowest BCUT2D eigenvalue weighted by atomic mass is 9.67. The van der Waals surface area contributed by atoms with Gasteiger partial charge in [-0.15, -0.1) is 0 Å². The van der Waals surface area contributed by atoms with Crippen molar-refractivity contribution >= 4 is 5.97 Å². The van der Waals surface area contributed by atoms with Gasteiger partial charge in [0.05, 0.1) is 5.92 Å². The normalized spacial score (nSPS) is 38.7. The van der Waals surface area contributed by atoms with Gasteiger partial charge in [0, 0.05) is 0 Å². The molecule has 3 rings (SSSR count). The molecule has 0 aliphatic heterocycles. The maximum absolute atomic E-state index is 12.0. The molecule has 3 aliphatic carbocycles. The number of carbonyl (C=O) groups excluding carboxylic acids is 1. The van der Waals surface area contributed by atoms with E-state index in [-0.39, 0.29) is 22.9 Å². The van der Waals surface area contributed by atoms with Crippen LogP contribution in [0, 0.1) is 17.3 Å². The number of nitrogens with two attached hydrogens (primary N) is 1. The highest BCUT2D eigenvalue weighted by atomic mass is 16.6. The zero-order chi connectivity index (χ0) is 11.3. The predicted molar refractivity (Wildman–Crippen MR) is 58.2 cm³/mol. The van der Waals surface area contributed by atoms with E-state index in [4.69, 9.17) is 10.5 Å². The summed E-state index contributed by atoms with van der Waals surface area (Å²) in [6.07, 6.45) is 3.26. The van der Waals surface area contributed by atoms with Gasteiger partial charge in [0.15, 0.2) is 0 Å². The summed E-state index contributed by atoms with van der Waals surface area (Å²) >= 11 is 0. The van der Waals surface area contributed by atoms with Gasteiger partial charge >= 0.3 is 5.97 Å². The monoisotopic (exact) mass is 211 g/mol. The van der Waals surface area contributed by atoms with Gasteiger partial charge in [0.25, 0.3) is 0 Å². The van der Waals surface area contributed by atoms with E-state index in [0.717, 1.165) is 25.2 Å². The number of carbonyl (C=O) groups is 1. The molecular formula is C12H21NO2. The maximum atomic E-state index is 12.0. The molecular weight excluding hydrogens is 190 g/mol. The van der Waals surface area contributed by atoms with Crippen LogP contribution in [-0.2, 0) is 9.53 Å². The van der Waals surface area contributed by atoms with Crippen LogP contribution in [0.1, 0.15) is 40.0 Å². The number of rotatable bonds is 2. The first-order valence-corrected chi connectivity index (χ1v) is 5.79. The summed E-state index contributed by atoms with van der Waals surface area (Å²) in [5, 5.41) is 0. The molecule has 0 aromatic carbocycles. The molecule has 3 nitrogen and oxygen atoms in total. The first-order chi connectivity index (χ1) is 6.86. The van der Waals surface area contributed by atoms with Crippen LogP contribution in [0.3, 0.4) is 0 Å². The molecule has 0 amide bonds. The van der Waals surface area contributed by atoms with Gasteiger partial charge in [-0.2, -0.15) is 0 Å². The van der Waals surface area contributed by atoms with Crippen LogP contribution in [0.4, 0.5) is 0 Å². The molecule has 0 aromatic heterocycles. The Bertz CT molecular complexity index is 274. The summed E-state index contributed by atoms with van der Waals surface area (Å²) in [6, 6.07) is 0. The van der Waals surface area contributed by atoms with E-state index in [9.17, 15) is 4.79 Å². The average molecular weight is 211 g/mol. The lowest BCUT2D eigenvalue weighted by molar-refractivity contribution is -0.163. The van der Waals surface area contributed by atoms with Crippen molar-refractivity contribution in [1.82, 2.24) is 0 Å². The lowest BCUT2D eigenvalue weighted by Gasteiger charge is -2.40. The molecule has 0 radical (unpaired) electrons. The zero-order valence-electron chi connectivity index (χ0n) is 9.88. The lowest BCUT2D eigenvalue weighted by Crippen LogP contribution is -2.43. The van der Waals surface area contributed by atoms with Crippen LogP contribution in [0.15, 0.2) is 0 Å². The van der Waals surface area contributed by atoms with E-state index in [1.807, 2.05) is 20.8 Å². The Kier molecular flexibility index (Phi) is 2.34. The van der Waals surface area contributed by atoms with Gasteiger partial charge < -0.3 is 10.5 Å². The summed E-state index contributed by atoms with van der Waals surface area (Å²) in [5.74, 6) is 0.755. The van der Waals surface area contributed by atoms with Crippen molar-refractivity contribution in [3.05, 3.63) is 0 Å². The van der Waals surface area contributed by atoms with Crippen molar-refractivity contribution < 1.29 is 9.53 Å². The maximum Gasteiger partial charge on any atom is 0.310 e. The molecule has 0 saturated heterocycles. The minimum atomic E-state index is -0.375. The SMILES string of the molecule is CC(C)(C)OC(=O)C1CC2CC1(CN)C2. The van der Waals surface area contributed by atoms with Crippen LogP contribution < -0.4 is 5.73 Å². The van der Waals surface area contributed by atoms with Crippen molar-refractivity contribution in [2.24, 2.45) is 23.0 Å². The highest BCUT2D eigenvalue weighted by Gasteiger charge is 2.59. The minimum Gasteiger partial charge on any atom is -0.460 e. The second-order valence-corrected chi connectivity index (χ2v) is 6.16. The number of fused-ring (bicyclic) bond motifs is 1. The Hall–Kier alpha value is -0.570. The smallest absolute Gasteiger partial charge is 0.310 e. The molecule has 3 saturated carbocycles. The highest BCUT2D eigenvalue weighted by Crippen LogP contribution is 2.62. The fraction of sp³-hybridized carbons (Fsp3) is 0.917. The average Bonchev–Trinajstić information content (AvgIpc) is 2.52. The predicted octanol–water partition coefficient (Wildman–Crippen LogP) is 1.70. The minimum absolute atomic E-state index is 0.0343. The summed E-state index contributed by atoms with van der Waals surface area (Å²) in [7, 11) is 0. The van der Waals surface area contributed by atoms with Crippen LogP contribution in [0.5, 0.6) is 0 Å². The van der Waals surface area contributed by atoms with Crippen molar-refractivity contribution in [2.45, 2.75) is 45.6 Å². The van der Waals surface area contributed by atoms with Crippen molar-refractivity contribution in [3.63, 3.8) is 0 Å². The van der Waals surface area contributed by atoms with E-state index >= 15 is 0 Å². The number of hydrogen-bond donors (Lipinski definition) is 1. The van der Waals surface area contributed by atoms with Crippen molar-refractivity contribution in [3.8, 4) is 0 Å². The largest absolute Gasteiger partial charge is 0.460 e. The van der Waals surface area contributed by atoms with Crippen LogP contribution >= 0.6 is 0 Å². The van der Waals surface area contributed by atoms with Gasteiger partial charge in [-0.1, -0.05) is 0 Å². The van der Waals surface area contributed by atoms with Crippen LogP contribution in [-0.4, -0.2) is 18.1 Å². The molecule has 2 N–H and O–H groups in total. The molecule has 3 aliphatic rings. The van der Waals surface area contributed by atoms with Crippen molar-refractivity contribution in [2.75, 3.05) is 6.54 Å². The third-order valence-corrected chi connectivity index (χ3v) is 3.80. The molecule has 3 heteroatoms. The van der Waals surface area contributed by atoms with Crippen molar-refractivity contribution in [1.29, 1.82) is 0 Å². The highest BCUT2D eigenvalue weighted by molar-refractivity contribution is 5.75. The number of hydrogen-bond acceptors (Lipinski definition) is 3. The Balaban J connectivity index is 2.03. The van der Waals surface area contributed by atoms with Gasteiger partial charge in [0.2, 0.25) is 0 Å². The molecule has 3 fully saturated rings. The number of ether oxygens (including phenoxy) is 1. The Morgan fingerprint density at radius 2 is 2.07 bits per heavy atom. The zero-order valence-corrected chi connectivity index (χ0v) is 9.88. The summed E-state index contributed by atoms with van der Waals surface area (Å²) in [6.45, 7) is 6.38. The number of esters is 1. The van der Waals surface area contributed by atoms with Gasteiger partial charge in [-0.05, 0) is 57.9 Å². The molecule has 1 unspecified atom stereocenters. The van der Waals surface area contributed by atoms with E-state index < -0.39 is 0 Å². The fourth-order valence-electron chi connectivity index (χ4n) is 3.15. The molecule has 15 heavy (non-hydrogen) atoms. The molecule has 1 atom stereocenters. The topological polar surface area (TPSA) is 52.3 Å². The summed E-state index contributed by atoms with van der Waals surface area (Å²) in [4.78, 5) is 12.0. The van der Waals surface area contributed by atoms with Gasteiger partial charge in [-0.3, -0.25) is 4.79 Å². The molecule has 86 valence electrons. The van der Waals surface area contributed by atoms with Gasteiger partial charge in [-0.25, -0.2) is 0 Å². The van der Waals surface area contributed by atoms with E-state index in [2.05, 4.69) is 0 Å². The fourth-order valence-corrected chi connectivity index (χ4v) is 3.15. The summed E-state index contributed by atoms with van der Waals surface area (Å²) in [5.41, 5.74) is 5.51.